The molecule has 0 radical (unpaired) electrons. The summed E-state index contributed by atoms with van der Waals surface area (Å²) in [5.41, 5.74) is 14.3. The Morgan fingerprint density at radius 1 is 1.17 bits per heavy atom. The van der Waals surface area contributed by atoms with Crippen molar-refractivity contribution in [1.29, 1.82) is 0 Å². The van der Waals surface area contributed by atoms with E-state index in [1.165, 1.54) is 30.5 Å². The SMILES string of the molecule is Cc1ccc(-c2cc(C(N)=O)c3c(n2)-c2ccc(N4CCCC[C@@H]4C)cc2C3)cn1. The molecule has 1 fully saturated rings. The highest BCUT2D eigenvalue weighted by atomic mass is 16.1. The van der Waals surface area contributed by atoms with Gasteiger partial charge in [0.2, 0.25) is 5.91 Å². The third kappa shape index (κ3) is 3.15. The van der Waals surface area contributed by atoms with Crippen molar-refractivity contribution in [3.05, 3.63) is 65.0 Å². The maximum Gasteiger partial charge on any atom is 0.249 e. The number of piperidine rings is 1. The molecule has 30 heavy (non-hydrogen) atoms. The van der Waals surface area contributed by atoms with Gasteiger partial charge in [-0.05, 0) is 74.6 Å². The quantitative estimate of drug-likeness (QED) is 0.551. The standard InChI is InChI=1S/C25H26N4O/c1-15-6-7-17(14-27-15)23-13-22(25(26)30)21-12-18-11-19(8-9-20(18)24(21)28-23)29-10-4-3-5-16(29)2/h6-9,11,13-14,16H,3-5,10,12H2,1-2H3,(H2,26,30)/t16-/m0/s1. The van der Waals surface area contributed by atoms with Gasteiger partial charge >= 0.3 is 0 Å². The molecule has 1 saturated heterocycles. The maximum absolute atomic E-state index is 12.3. The largest absolute Gasteiger partial charge is 0.369 e. The molecule has 3 heterocycles. The van der Waals surface area contributed by atoms with Crippen LogP contribution in [0.1, 0.15) is 53.4 Å². The molecule has 1 aliphatic carbocycles. The fourth-order valence-electron chi connectivity index (χ4n) is 4.77. The number of benzene rings is 1. The monoisotopic (exact) mass is 398 g/mol. The van der Waals surface area contributed by atoms with E-state index in [0.717, 1.165) is 40.3 Å². The summed E-state index contributed by atoms with van der Waals surface area (Å²) in [6, 6.07) is 12.9. The van der Waals surface area contributed by atoms with E-state index in [9.17, 15) is 4.79 Å². The van der Waals surface area contributed by atoms with Crippen LogP contribution in [-0.2, 0) is 6.42 Å². The lowest BCUT2D eigenvalue weighted by molar-refractivity contribution is 0.0999. The minimum atomic E-state index is -0.410. The normalized spacial score (nSPS) is 17.5. The lowest BCUT2D eigenvalue weighted by Gasteiger charge is -2.35. The van der Waals surface area contributed by atoms with Gasteiger partial charge in [0.1, 0.15) is 0 Å². The van der Waals surface area contributed by atoms with Crippen molar-refractivity contribution in [1.82, 2.24) is 9.97 Å². The van der Waals surface area contributed by atoms with Crippen LogP contribution in [-0.4, -0.2) is 28.5 Å². The zero-order valence-electron chi connectivity index (χ0n) is 17.5. The zero-order valence-corrected chi connectivity index (χ0v) is 17.5. The van der Waals surface area contributed by atoms with Crippen molar-refractivity contribution >= 4 is 11.6 Å². The first-order valence-electron chi connectivity index (χ1n) is 10.7. The fraction of sp³-hybridized carbons (Fsp3) is 0.320. The van der Waals surface area contributed by atoms with Crippen molar-refractivity contribution in [2.75, 3.05) is 11.4 Å². The van der Waals surface area contributed by atoms with Gasteiger partial charge in [0.05, 0.1) is 11.4 Å². The molecule has 0 saturated carbocycles. The minimum Gasteiger partial charge on any atom is -0.369 e. The van der Waals surface area contributed by atoms with Gasteiger partial charge in [-0.25, -0.2) is 4.98 Å². The average Bonchev–Trinajstić information content (AvgIpc) is 3.11. The highest BCUT2D eigenvalue weighted by Gasteiger charge is 2.27. The summed E-state index contributed by atoms with van der Waals surface area (Å²) in [5, 5.41) is 0. The molecule has 3 aromatic rings. The molecule has 2 N–H and O–H groups in total. The molecular formula is C25H26N4O. The first-order valence-corrected chi connectivity index (χ1v) is 10.7. The first-order chi connectivity index (χ1) is 14.5. The summed E-state index contributed by atoms with van der Waals surface area (Å²) < 4.78 is 0. The highest BCUT2D eigenvalue weighted by molar-refractivity contribution is 5.98. The van der Waals surface area contributed by atoms with Crippen LogP contribution in [0.5, 0.6) is 0 Å². The summed E-state index contributed by atoms with van der Waals surface area (Å²) in [6.07, 6.45) is 6.27. The smallest absolute Gasteiger partial charge is 0.249 e. The number of pyridine rings is 2. The predicted molar refractivity (Wildman–Crippen MR) is 120 cm³/mol. The van der Waals surface area contributed by atoms with E-state index >= 15 is 0 Å². The highest BCUT2D eigenvalue weighted by Crippen LogP contribution is 2.41. The Morgan fingerprint density at radius 3 is 2.77 bits per heavy atom. The van der Waals surface area contributed by atoms with Gasteiger partial charge in [-0.3, -0.25) is 9.78 Å². The van der Waals surface area contributed by atoms with Gasteiger partial charge in [0.15, 0.2) is 0 Å². The lowest BCUT2D eigenvalue weighted by atomic mass is 10.0. The van der Waals surface area contributed by atoms with E-state index in [1.54, 1.807) is 6.20 Å². The first kappa shape index (κ1) is 18.8. The average molecular weight is 399 g/mol. The lowest BCUT2D eigenvalue weighted by Crippen LogP contribution is -2.37. The number of amides is 1. The van der Waals surface area contributed by atoms with Crippen molar-refractivity contribution in [2.24, 2.45) is 5.73 Å². The molecule has 5 heteroatoms. The van der Waals surface area contributed by atoms with E-state index in [-0.39, 0.29) is 0 Å². The number of fused-ring (bicyclic) bond motifs is 3. The van der Waals surface area contributed by atoms with Crippen molar-refractivity contribution in [3.63, 3.8) is 0 Å². The number of hydrogen-bond acceptors (Lipinski definition) is 4. The third-order valence-corrected chi connectivity index (χ3v) is 6.44. The van der Waals surface area contributed by atoms with Gasteiger partial charge in [-0.1, -0.05) is 6.07 Å². The Bertz CT molecular complexity index is 1140. The molecule has 0 spiro atoms. The number of carbonyl (C=O) groups is 1. The van der Waals surface area contributed by atoms with Crippen LogP contribution in [0, 0.1) is 6.92 Å². The molecule has 5 nitrogen and oxygen atoms in total. The number of primary amides is 1. The zero-order chi connectivity index (χ0) is 20.8. The molecule has 152 valence electrons. The number of aromatic nitrogens is 2. The van der Waals surface area contributed by atoms with Crippen LogP contribution in [0.15, 0.2) is 42.6 Å². The Labute approximate surface area is 177 Å². The second kappa shape index (κ2) is 7.24. The summed E-state index contributed by atoms with van der Waals surface area (Å²) in [7, 11) is 0. The molecule has 0 unspecified atom stereocenters. The number of carbonyl (C=O) groups excluding carboxylic acids is 1. The molecule has 1 aromatic carbocycles. The van der Waals surface area contributed by atoms with Gasteiger partial charge in [-0.15, -0.1) is 0 Å². The summed E-state index contributed by atoms with van der Waals surface area (Å²) in [6.45, 7) is 5.35. The topological polar surface area (TPSA) is 72.1 Å². The Kier molecular flexibility index (Phi) is 4.54. The third-order valence-electron chi connectivity index (χ3n) is 6.44. The van der Waals surface area contributed by atoms with E-state index in [2.05, 4.69) is 35.0 Å². The van der Waals surface area contributed by atoms with E-state index in [4.69, 9.17) is 10.7 Å². The molecular weight excluding hydrogens is 372 g/mol. The Hall–Kier alpha value is -3.21. The van der Waals surface area contributed by atoms with Crippen LogP contribution in [0.3, 0.4) is 0 Å². The van der Waals surface area contributed by atoms with Crippen LogP contribution < -0.4 is 10.6 Å². The van der Waals surface area contributed by atoms with Crippen LogP contribution >= 0.6 is 0 Å². The summed E-state index contributed by atoms with van der Waals surface area (Å²) >= 11 is 0. The fourth-order valence-corrected chi connectivity index (χ4v) is 4.77. The minimum absolute atomic E-state index is 0.410. The number of anilines is 1. The molecule has 2 aromatic heterocycles. The van der Waals surface area contributed by atoms with Crippen molar-refractivity contribution < 1.29 is 4.79 Å². The Morgan fingerprint density at radius 2 is 2.03 bits per heavy atom. The van der Waals surface area contributed by atoms with E-state index in [0.29, 0.717) is 18.0 Å². The predicted octanol–water partition coefficient (Wildman–Crippen LogP) is 4.50. The van der Waals surface area contributed by atoms with Crippen LogP contribution in [0.2, 0.25) is 0 Å². The van der Waals surface area contributed by atoms with Gasteiger partial charge in [-0.2, -0.15) is 0 Å². The maximum atomic E-state index is 12.3. The van der Waals surface area contributed by atoms with Crippen molar-refractivity contribution in [3.8, 4) is 22.5 Å². The molecule has 1 aliphatic heterocycles. The number of rotatable bonds is 3. The molecule has 1 amide bonds. The van der Waals surface area contributed by atoms with Crippen molar-refractivity contribution in [2.45, 2.75) is 45.6 Å². The molecule has 0 bridgehead atoms. The summed E-state index contributed by atoms with van der Waals surface area (Å²) in [5.74, 6) is -0.410. The molecule has 5 rings (SSSR count). The Balaban J connectivity index is 1.59. The molecule has 1 atom stereocenters. The summed E-state index contributed by atoms with van der Waals surface area (Å²) in [4.78, 5) is 24.1. The van der Waals surface area contributed by atoms with Gasteiger partial charge in [0.25, 0.3) is 0 Å². The number of aryl methyl sites for hydroxylation is 1. The second-order valence-electron chi connectivity index (χ2n) is 8.49. The van der Waals surface area contributed by atoms with Gasteiger partial charge in [0, 0.05) is 53.3 Å². The van der Waals surface area contributed by atoms with E-state index < -0.39 is 5.91 Å². The van der Waals surface area contributed by atoms with Crippen LogP contribution in [0.4, 0.5) is 5.69 Å². The molecule has 2 aliphatic rings. The number of nitrogens with zero attached hydrogens (tertiary/aromatic N) is 3. The number of hydrogen-bond donors (Lipinski definition) is 1. The van der Waals surface area contributed by atoms with E-state index in [1.807, 2.05) is 25.1 Å². The van der Waals surface area contributed by atoms with Gasteiger partial charge < -0.3 is 10.6 Å². The number of nitrogens with two attached hydrogens (primary N) is 1. The van der Waals surface area contributed by atoms with Crippen LogP contribution in [0.25, 0.3) is 22.5 Å². The second-order valence-corrected chi connectivity index (χ2v) is 8.49.